The van der Waals surface area contributed by atoms with Crippen LogP contribution in [0.1, 0.15) is 10.4 Å². The Labute approximate surface area is 115 Å². The Hall–Kier alpha value is -1.08. The summed E-state index contributed by atoms with van der Waals surface area (Å²) in [6.07, 6.45) is 0. The van der Waals surface area contributed by atoms with E-state index in [2.05, 4.69) is 15.9 Å². The third kappa shape index (κ3) is 2.51. The molecule has 1 aromatic rings. The molecule has 1 aliphatic heterocycles. The highest BCUT2D eigenvalue weighted by atomic mass is 79.9. The van der Waals surface area contributed by atoms with Crippen molar-refractivity contribution in [2.75, 3.05) is 11.6 Å². The number of carboxylic acids is 1. The Bertz CT molecular complexity index is 511. The largest absolute Gasteiger partial charge is 0.480 e. The molecule has 1 amide bonds. The molecule has 2 rings (SSSR count). The average molecular weight is 334 g/mol. The summed E-state index contributed by atoms with van der Waals surface area (Å²) in [5.74, 6) is -1.71. The predicted octanol–water partition coefficient (Wildman–Crippen LogP) is 2.19. The molecule has 1 N–H and O–H groups in total. The van der Waals surface area contributed by atoms with Gasteiger partial charge in [0.25, 0.3) is 5.91 Å². The second kappa shape index (κ2) is 5.27. The summed E-state index contributed by atoms with van der Waals surface area (Å²) in [4.78, 5) is 24.2. The minimum Gasteiger partial charge on any atom is -0.480 e. The van der Waals surface area contributed by atoms with Crippen molar-refractivity contribution >= 4 is 39.6 Å². The van der Waals surface area contributed by atoms with Gasteiger partial charge in [-0.3, -0.25) is 4.79 Å². The van der Waals surface area contributed by atoms with Gasteiger partial charge in [-0.05, 0) is 18.2 Å². The highest BCUT2D eigenvalue weighted by Crippen LogP contribution is 2.25. The molecule has 1 aromatic carbocycles. The number of hydrogen-bond acceptors (Lipinski definition) is 3. The Morgan fingerprint density at radius 2 is 2.22 bits per heavy atom. The van der Waals surface area contributed by atoms with Gasteiger partial charge < -0.3 is 10.0 Å². The highest BCUT2D eigenvalue weighted by molar-refractivity contribution is 9.10. The minimum atomic E-state index is -1.06. The van der Waals surface area contributed by atoms with Crippen molar-refractivity contribution in [2.24, 2.45) is 0 Å². The van der Waals surface area contributed by atoms with Gasteiger partial charge in [0, 0.05) is 10.2 Å². The molecule has 1 saturated heterocycles. The van der Waals surface area contributed by atoms with Gasteiger partial charge in [0.05, 0.1) is 11.4 Å². The maximum absolute atomic E-state index is 13.7. The van der Waals surface area contributed by atoms with Crippen LogP contribution in [-0.4, -0.2) is 39.6 Å². The van der Waals surface area contributed by atoms with Gasteiger partial charge in [-0.25, -0.2) is 9.18 Å². The Morgan fingerprint density at radius 1 is 1.50 bits per heavy atom. The number of aliphatic carboxylic acids is 1. The number of carbonyl (C=O) groups is 2. The second-order valence-corrected chi connectivity index (χ2v) is 5.67. The first-order valence-corrected chi connectivity index (χ1v) is 7.02. The average Bonchev–Trinajstić information content (AvgIpc) is 2.77. The Kier molecular flexibility index (Phi) is 3.91. The van der Waals surface area contributed by atoms with Gasteiger partial charge in [0.1, 0.15) is 11.9 Å². The fourth-order valence-electron chi connectivity index (χ4n) is 1.67. The summed E-state index contributed by atoms with van der Waals surface area (Å²) in [6.45, 7) is 0. The van der Waals surface area contributed by atoms with Crippen LogP contribution in [0.15, 0.2) is 22.7 Å². The maximum atomic E-state index is 13.7. The van der Waals surface area contributed by atoms with Crippen LogP contribution in [0.3, 0.4) is 0 Å². The molecular weight excluding hydrogens is 325 g/mol. The SMILES string of the molecule is O=C(O)[C@@H]1CSCN1C(=O)c1ccc(Br)cc1F. The number of benzene rings is 1. The number of carboxylic acid groups (broad SMARTS) is 1. The van der Waals surface area contributed by atoms with Crippen molar-refractivity contribution in [2.45, 2.75) is 6.04 Å². The predicted molar refractivity (Wildman–Crippen MR) is 69.0 cm³/mol. The van der Waals surface area contributed by atoms with Crippen LogP contribution in [0.4, 0.5) is 4.39 Å². The van der Waals surface area contributed by atoms with E-state index in [1.807, 2.05) is 0 Å². The molecule has 1 aliphatic rings. The number of thioether (sulfide) groups is 1. The topological polar surface area (TPSA) is 57.6 Å². The lowest BCUT2D eigenvalue weighted by Crippen LogP contribution is -2.42. The maximum Gasteiger partial charge on any atom is 0.327 e. The second-order valence-electron chi connectivity index (χ2n) is 3.75. The summed E-state index contributed by atoms with van der Waals surface area (Å²) in [5, 5.41) is 8.98. The first-order valence-electron chi connectivity index (χ1n) is 5.07. The monoisotopic (exact) mass is 333 g/mol. The van der Waals surface area contributed by atoms with Crippen molar-refractivity contribution in [3.8, 4) is 0 Å². The molecule has 0 spiro atoms. The fourth-order valence-corrected chi connectivity index (χ4v) is 3.14. The smallest absolute Gasteiger partial charge is 0.327 e. The molecule has 0 aromatic heterocycles. The minimum absolute atomic E-state index is 0.105. The van der Waals surface area contributed by atoms with E-state index in [-0.39, 0.29) is 11.4 Å². The fraction of sp³-hybridized carbons (Fsp3) is 0.273. The van der Waals surface area contributed by atoms with Crippen molar-refractivity contribution < 1.29 is 19.1 Å². The molecule has 0 radical (unpaired) electrons. The zero-order valence-corrected chi connectivity index (χ0v) is 11.5. The summed E-state index contributed by atoms with van der Waals surface area (Å²) in [7, 11) is 0. The van der Waals surface area contributed by atoms with E-state index in [0.717, 1.165) is 0 Å². The van der Waals surface area contributed by atoms with Gasteiger partial charge in [-0.2, -0.15) is 0 Å². The summed E-state index contributed by atoms with van der Waals surface area (Å²) >= 11 is 4.44. The highest BCUT2D eigenvalue weighted by Gasteiger charge is 2.35. The van der Waals surface area contributed by atoms with E-state index in [1.54, 1.807) is 6.07 Å². The number of nitrogens with zero attached hydrogens (tertiary/aromatic N) is 1. The summed E-state index contributed by atoms with van der Waals surface area (Å²) in [5.41, 5.74) is -0.105. The Balaban J connectivity index is 2.28. The molecule has 0 bridgehead atoms. The van der Waals surface area contributed by atoms with Crippen LogP contribution in [0, 0.1) is 5.82 Å². The third-order valence-electron chi connectivity index (χ3n) is 2.59. The molecule has 0 aliphatic carbocycles. The summed E-state index contributed by atoms with van der Waals surface area (Å²) in [6, 6.07) is 3.20. The van der Waals surface area contributed by atoms with Gasteiger partial charge in [-0.1, -0.05) is 15.9 Å². The van der Waals surface area contributed by atoms with Crippen LogP contribution in [-0.2, 0) is 4.79 Å². The van der Waals surface area contributed by atoms with E-state index in [1.165, 1.54) is 28.8 Å². The lowest BCUT2D eigenvalue weighted by atomic mass is 10.1. The lowest BCUT2D eigenvalue weighted by Gasteiger charge is -2.20. The van der Waals surface area contributed by atoms with Crippen molar-refractivity contribution in [3.05, 3.63) is 34.1 Å². The van der Waals surface area contributed by atoms with Crippen LogP contribution in [0.25, 0.3) is 0 Å². The van der Waals surface area contributed by atoms with Crippen LogP contribution >= 0.6 is 27.7 Å². The van der Waals surface area contributed by atoms with Gasteiger partial charge in [-0.15, -0.1) is 11.8 Å². The lowest BCUT2D eigenvalue weighted by molar-refractivity contribution is -0.140. The quantitative estimate of drug-likeness (QED) is 0.901. The summed E-state index contributed by atoms with van der Waals surface area (Å²) < 4.78 is 14.2. The number of carbonyl (C=O) groups excluding carboxylic acids is 1. The number of rotatable bonds is 2. The van der Waals surface area contributed by atoms with Gasteiger partial charge in [0.15, 0.2) is 0 Å². The van der Waals surface area contributed by atoms with E-state index < -0.39 is 23.7 Å². The zero-order valence-electron chi connectivity index (χ0n) is 9.10. The van der Waals surface area contributed by atoms with E-state index >= 15 is 0 Å². The van der Waals surface area contributed by atoms with Crippen molar-refractivity contribution in [1.82, 2.24) is 4.90 Å². The van der Waals surface area contributed by atoms with E-state index in [9.17, 15) is 14.0 Å². The van der Waals surface area contributed by atoms with E-state index in [0.29, 0.717) is 10.2 Å². The van der Waals surface area contributed by atoms with Crippen LogP contribution in [0.2, 0.25) is 0 Å². The number of amides is 1. The van der Waals surface area contributed by atoms with Gasteiger partial charge >= 0.3 is 5.97 Å². The molecule has 7 heteroatoms. The standard InChI is InChI=1S/C11H9BrFNO3S/c12-6-1-2-7(8(13)3-6)10(15)14-5-18-4-9(14)11(16)17/h1-3,9H,4-5H2,(H,16,17)/t9-/m0/s1. The zero-order chi connectivity index (χ0) is 13.3. The number of halogens is 2. The molecule has 0 unspecified atom stereocenters. The molecule has 1 heterocycles. The molecule has 96 valence electrons. The first kappa shape index (κ1) is 13.4. The Morgan fingerprint density at radius 3 is 2.83 bits per heavy atom. The molecular formula is C11H9BrFNO3S. The normalized spacial score (nSPS) is 19.0. The van der Waals surface area contributed by atoms with Gasteiger partial charge in [0.2, 0.25) is 0 Å². The molecule has 1 fully saturated rings. The van der Waals surface area contributed by atoms with Crippen molar-refractivity contribution in [3.63, 3.8) is 0 Å². The molecule has 0 saturated carbocycles. The van der Waals surface area contributed by atoms with E-state index in [4.69, 9.17) is 5.11 Å². The third-order valence-corrected chi connectivity index (χ3v) is 4.10. The van der Waals surface area contributed by atoms with Crippen LogP contribution < -0.4 is 0 Å². The first-order chi connectivity index (χ1) is 8.50. The molecule has 4 nitrogen and oxygen atoms in total. The molecule has 18 heavy (non-hydrogen) atoms. The molecule has 1 atom stereocenters. The van der Waals surface area contributed by atoms with Crippen molar-refractivity contribution in [1.29, 1.82) is 0 Å². The van der Waals surface area contributed by atoms with Crippen LogP contribution in [0.5, 0.6) is 0 Å². The number of hydrogen-bond donors (Lipinski definition) is 1.